The minimum absolute atomic E-state index is 0.256. The quantitative estimate of drug-likeness (QED) is 0.567. The molecule has 1 aliphatic carbocycles. The molecule has 1 fully saturated rings. The molecule has 0 radical (unpaired) electrons. The van der Waals surface area contributed by atoms with E-state index in [2.05, 4.69) is 52.0 Å². The van der Waals surface area contributed by atoms with Crippen molar-refractivity contribution in [3.05, 3.63) is 61.4 Å². The first-order valence-electron chi connectivity index (χ1n) is 11.3. The lowest BCUT2D eigenvalue weighted by Crippen LogP contribution is -2.48. The monoisotopic (exact) mass is 433 g/mol. The number of hydrogen-bond donors (Lipinski definition) is 2. The van der Waals surface area contributed by atoms with Crippen molar-refractivity contribution in [3.8, 4) is 0 Å². The van der Waals surface area contributed by atoms with Gasteiger partial charge in [-0.1, -0.05) is 26.5 Å². The van der Waals surface area contributed by atoms with E-state index in [4.69, 9.17) is 5.73 Å². The van der Waals surface area contributed by atoms with Crippen molar-refractivity contribution >= 4 is 28.8 Å². The lowest BCUT2D eigenvalue weighted by molar-refractivity contribution is 0.0750. The van der Waals surface area contributed by atoms with E-state index in [1.54, 1.807) is 17.4 Å². The third-order valence-electron chi connectivity index (χ3n) is 6.11. The van der Waals surface area contributed by atoms with Gasteiger partial charge in [0.1, 0.15) is 5.65 Å². The summed E-state index contributed by atoms with van der Waals surface area (Å²) in [6, 6.07) is 0. The average Bonchev–Trinajstić information content (AvgIpc) is 3.18. The van der Waals surface area contributed by atoms with Crippen molar-refractivity contribution in [3.63, 3.8) is 0 Å². The highest BCUT2D eigenvalue weighted by Gasteiger charge is 2.35. The number of H-pyrrole nitrogens is 1. The van der Waals surface area contributed by atoms with Gasteiger partial charge in [-0.25, -0.2) is 9.99 Å². The topological polar surface area (TPSA) is 86.4 Å². The lowest BCUT2D eigenvalue weighted by Gasteiger charge is -2.47. The molecule has 7 heteroatoms. The molecule has 170 valence electrons. The number of fused-ring (bicyclic) bond motifs is 1. The molecule has 32 heavy (non-hydrogen) atoms. The van der Waals surface area contributed by atoms with E-state index in [9.17, 15) is 0 Å². The molecule has 1 aliphatic heterocycles. The molecule has 3 N–H and O–H groups in total. The van der Waals surface area contributed by atoms with Crippen LogP contribution in [0.2, 0.25) is 0 Å². The van der Waals surface area contributed by atoms with Crippen LogP contribution in [-0.2, 0) is 0 Å². The predicted molar refractivity (Wildman–Crippen MR) is 135 cm³/mol. The molecule has 7 nitrogen and oxygen atoms in total. The van der Waals surface area contributed by atoms with Crippen LogP contribution >= 0.6 is 0 Å². The fourth-order valence-electron chi connectivity index (χ4n) is 3.99. The van der Waals surface area contributed by atoms with Gasteiger partial charge in [0.2, 0.25) is 5.95 Å². The second-order valence-electron chi connectivity index (χ2n) is 8.40. The normalized spacial score (nSPS) is 17.0. The van der Waals surface area contributed by atoms with Crippen LogP contribution in [0.1, 0.15) is 58.4 Å². The molecule has 0 amide bonds. The van der Waals surface area contributed by atoms with Crippen molar-refractivity contribution < 1.29 is 0 Å². The van der Waals surface area contributed by atoms with Crippen LogP contribution in [0.15, 0.2) is 60.9 Å². The number of aromatic amines is 1. The fourth-order valence-corrected chi connectivity index (χ4v) is 3.99. The summed E-state index contributed by atoms with van der Waals surface area (Å²) in [6.45, 7) is 15.5. The van der Waals surface area contributed by atoms with Crippen molar-refractivity contribution in [2.24, 2.45) is 5.10 Å². The number of nitrogen functional groups attached to an aromatic ring is 1. The first-order chi connectivity index (χ1) is 15.4. The van der Waals surface area contributed by atoms with E-state index in [1.165, 1.54) is 38.6 Å². The maximum atomic E-state index is 5.58. The smallest absolute Gasteiger partial charge is 0.221 e. The Bertz CT molecular complexity index is 1040. The Labute approximate surface area is 191 Å². The predicted octanol–water partition coefficient (Wildman–Crippen LogP) is 5.45. The Hall–Kier alpha value is -3.35. The average molecular weight is 434 g/mol. The van der Waals surface area contributed by atoms with E-state index in [1.807, 2.05) is 37.7 Å². The zero-order valence-electron chi connectivity index (χ0n) is 19.5. The summed E-state index contributed by atoms with van der Waals surface area (Å²) >= 11 is 0. The number of hydrogen-bond acceptors (Lipinski definition) is 6. The van der Waals surface area contributed by atoms with Gasteiger partial charge in [-0.3, -0.25) is 0 Å². The molecule has 4 rings (SSSR count). The molecule has 3 heterocycles. The van der Waals surface area contributed by atoms with E-state index in [0.717, 1.165) is 27.9 Å². The Morgan fingerprint density at radius 1 is 1.41 bits per heavy atom. The molecule has 0 saturated heterocycles. The maximum Gasteiger partial charge on any atom is 0.221 e. The molecule has 0 bridgehead atoms. The van der Waals surface area contributed by atoms with Crippen molar-refractivity contribution in [1.29, 1.82) is 0 Å². The van der Waals surface area contributed by atoms with Crippen molar-refractivity contribution in [2.45, 2.75) is 58.4 Å². The highest BCUT2D eigenvalue weighted by Crippen LogP contribution is 2.37. The van der Waals surface area contributed by atoms with E-state index < -0.39 is 0 Å². The number of hydrazone groups is 1. The summed E-state index contributed by atoms with van der Waals surface area (Å²) in [6.07, 6.45) is 19.8. The van der Waals surface area contributed by atoms with E-state index in [0.29, 0.717) is 5.54 Å². The Morgan fingerprint density at radius 3 is 2.78 bits per heavy atom. The van der Waals surface area contributed by atoms with Crippen molar-refractivity contribution in [2.75, 3.05) is 12.3 Å². The zero-order chi connectivity index (χ0) is 23.1. The molecule has 0 spiro atoms. The summed E-state index contributed by atoms with van der Waals surface area (Å²) in [4.78, 5) is 13.7. The number of allylic oxidation sites excluding steroid dienone is 3. The molecule has 0 atom stereocenters. The third-order valence-corrected chi connectivity index (χ3v) is 6.11. The second kappa shape index (κ2) is 10.3. The number of rotatable bonds is 7. The Morgan fingerprint density at radius 2 is 2.19 bits per heavy atom. The van der Waals surface area contributed by atoms with Crippen LogP contribution in [0.5, 0.6) is 0 Å². The van der Waals surface area contributed by atoms with Crippen molar-refractivity contribution in [1.82, 2.24) is 24.9 Å². The molecule has 0 aromatic carbocycles. The number of nitrogens with two attached hydrogens (primary N) is 1. The van der Waals surface area contributed by atoms with Crippen LogP contribution in [0.25, 0.3) is 16.6 Å². The standard InChI is InChI=1S/C14H14N6.C11H21N/c1-3-18-20-5-4-10(6-9(20)2)11-7-16-13-12(11)8-17-14(15)19-13;1-4-6-10-12(5-2)11(3)8-7-9-11/h3-8H,2H2,1H3,(H3,15,16,17,19);5H,2,4,6-10H2,1,3H3/b18-3-;. The lowest BCUT2D eigenvalue weighted by atomic mass is 9.77. The number of unbranched alkanes of at least 4 members (excludes halogenated alkanes) is 1. The number of aromatic nitrogens is 3. The SMILES string of the molecule is C=C1C=C(c2c[nH]c3nc(N)ncc23)C=CN1/N=C\C.C=CN(CCCC)C1(C)CCC1. The molecule has 2 aromatic rings. The summed E-state index contributed by atoms with van der Waals surface area (Å²) in [5, 5.41) is 6.82. The number of nitrogens with zero attached hydrogens (tertiary/aromatic N) is 5. The highest BCUT2D eigenvalue weighted by molar-refractivity contribution is 5.94. The molecule has 0 unspecified atom stereocenters. The largest absolute Gasteiger partial charge is 0.373 e. The Balaban J connectivity index is 0.000000207. The number of anilines is 1. The van der Waals surface area contributed by atoms with E-state index in [-0.39, 0.29) is 5.95 Å². The molecular weight excluding hydrogens is 398 g/mol. The van der Waals surface area contributed by atoms with Gasteiger partial charge in [0.15, 0.2) is 0 Å². The van der Waals surface area contributed by atoms with Gasteiger partial charge in [0, 0.05) is 47.8 Å². The second-order valence-corrected chi connectivity index (χ2v) is 8.40. The summed E-state index contributed by atoms with van der Waals surface area (Å²) in [5.74, 6) is 0.256. The highest BCUT2D eigenvalue weighted by atomic mass is 15.4. The molecule has 2 aliphatic rings. The third kappa shape index (κ3) is 5.10. The van der Waals surface area contributed by atoms with Gasteiger partial charge < -0.3 is 15.6 Å². The minimum atomic E-state index is 0.256. The van der Waals surface area contributed by atoms with Gasteiger partial charge in [-0.15, -0.1) is 0 Å². The van der Waals surface area contributed by atoms with Crippen LogP contribution < -0.4 is 5.73 Å². The van der Waals surface area contributed by atoms with Gasteiger partial charge in [-0.2, -0.15) is 10.1 Å². The van der Waals surface area contributed by atoms with Gasteiger partial charge in [0.25, 0.3) is 0 Å². The first kappa shape index (κ1) is 23.3. The molecule has 2 aromatic heterocycles. The minimum Gasteiger partial charge on any atom is -0.373 e. The maximum absolute atomic E-state index is 5.58. The fraction of sp³-hybridized carbons (Fsp3) is 0.400. The summed E-state index contributed by atoms with van der Waals surface area (Å²) < 4.78 is 0. The van der Waals surface area contributed by atoms with E-state index >= 15 is 0 Å². The molecule has 1 saturated carbocycles. The van der Waals surface area contributed by atoms with Gasteiger partial charge in [-0.05, 0) is 63.5 Å². The number of nitrogens with one attached hydrogen (secondary N) is 1. The van der Waals surface area contributed by atoms with Crippen LogP contribution in [0.3, 0.4) is 0 Å². The van der Waals surface area contributed by atoms with Crippen LogP contribution in [0.4, 0.5) is 5.95 Å². The van der Waals surface area contributed by atoms with Crippen LogP contribution in [-0.4, -0.2) is 43.2 Å². The first-order valence-corrected chi connectivity index (χ1v) is 11.3. The van der Waals surface area contributed by atoms with Crippen LogP contribution in [0, 0.1) is 0 Å². The van der Waals surface area contributed by atoms with Gasteiger partial charge >= 0.3 is 0 Å². The molecular formula is C25H35N7. The summed E-state index contributed by atoms with van der Waals surface area (Å²) in [5.41, 5.74) is 9.59. The Kier molecular flexibility index (Phi) is 7.51. The summed E-state index contributed by atoms with van der Waals surface area (Å²) in [7, 11) is 0. The zero-order valence-corrected chi connectivity index (χ0v) is 19.5. The van der Waals surface area contributed by atoms with Gasteiger partial charge in [0.05, 0.1) is 5.70 Å².